The van der Waals surface area contributed by atoms with Gasteiger partial charge in [0.2, 0.25) is 5.91 Å². The quantitative estimate of drug-likeness (QED) is 0.0261. The van der Waals surface area contributed by atoms with Gasteiger partial charge in [-0.1, -0.05) is 271 Å². The summed E-state index contributed by atoms with van der Waals surface area (Å²) in [4.78, 5) is 13.1. The van der Waals surface area contributed by atoms with Crippen LogP contribution in [-0.4, -0.2) is 87.5 Å². The predicted octanol–water partition coefficient (Wildman–Crippen LogP) is 16.1. The Morgan fingerprint density at radius 3 is 1.21 bits per heavy atom. The summed E-state index contributed by atoms with van der Waals surface area (Å²) in [7, 11) is 0. The highest BCUT2D eigenvalue weighted by Gasteiger charge is 2.44. The van der Waals surface area contributed by atoms with E-state index < -0.39 is 49.5 Å². The van der Waals surface area contributed by atoms with Crippen LogP contribution in [0.1, 0.15) is 251 Å². The summed E-state index contributed by atoms with van der Waals surface area (Å²) in [6.07, 6.45) is 74.4. The van der Waals surface area contributed by atoms with Gasteiger partial charge in [0.25, 0.3) is 0 Å². The van der Waals surface area contributed by atoms with Crippen molar-refractivity contribution in [2.45, 2.75) is 294 Å². The smallest absolute Gasteiger partial charge is 0.220 e. The number of allylic oxidation sites excluding steroid dienone is 17. The van der Waals surface area contributed by atoms with Crippen LogP contribution in [0.4, 0.5) is 0 Å². The molecule has 7 atom stereocenters. The van der Waals surface area contributed by atoms with Crippen molar-refractivity contribution in [3.05, 3.63) is 109 Å². The van der Waals surface area contributed by atoms with Crippen LogP contribution in [0.5, 0.6) is 0 Å². The van der Waals surface area contributed by atoms with Crippen LogP contribution < -0.4 is 5.32 Å². The maximum Gasteiger partial charge on any atom is 0.220 e. The highest BCUT2D eigenvalue weighted by atomic mass is 16.7. The van der Waals surface area contributed by atoms with Crippen molar-refractivity contribution in [3.63, 3.8) is 0 Å². The van der Waals surface area contributed by atoms with Crippen LogP contribution >= 0.6 is 0 Å². The lowest BCUT2D eigenvalue weighted by molar-refractivity contribution is -0.302. The fourth-order valence-corrected chi connectivity index (χ4v) is 9.23. The van der Waals surface area contributed by atoms with Crippen LogP contribution in [0.2, 0.25) is 0 Å². The molecule has 76 heavy (non-hydrogen) atoms. The largest absolute Gasteiger partial charge is 0.394 e. The average Bonchev–Trinajstić information content (AvgIpc) is 3.42. The van der Waals surface area contributed by atoms with Crippen molar-refractivity contribution in [2.24, 2.45) is 0 Å². The second kappa shape index (κ2) is 55.2. The van der Waals surface area contributed by atoms with Crippen molar-refractivity contribution >= 4 is 5.91 Å². The predicted molar refractivity (Wildman–Crippen MR) is 322 cm³/mol. The van der Waals surface area contributed by atoms with Gasteiger partial charge in [-0.15, -0.1) is 0 Å². The minimum atomic E-state index is -1.57. The maximum atomic E-state index is 13.1. The zero-order chi connectivity index (χ0) is 55.0. The Morgan fingerprint density at radius 1 is 0.461 bits per heavy atom. The van der Waals surface area contributed by atoms with Crippen molar-refractivity contribution in [2.75, 3.05) is 13.2 Å². The third-order valence-electron chi connectivity index (χ3n) is 14.1. The Balaban J connectivity index is 2.18. The first kappa shape index (κ1) is 70.9. The molecule has 0 aliphatic carbocycles. The molecule has 9 heteroatoms. The molecule has 0 radical (unpaired) electrons. The van der Waals surface area contributed by atoms with Crippen molar-refractivity contribution in [3.8, 4) is 0 Å². The monoisotopic (exact) mass is 1060 g/mol. The number of amides is 1. The molecule has 1 aliphatic rings. The van der Waals surface area contributed by atoms with Crippen molar-refractivity contribution in [1.82, 2.24) is 5.32 Å². The first-order valence-corrected chi connectivity index (χ1v) is 31.1. The Morgan fingerprint density at radius 2 is 0.816 bits per heavy atom. The Bertz CT molecular complexity index is 1560. The number of rotatable bonds is 52. The third-order valence-corrected chi connectivity index (χ3v) is 14.1. The zero-order valence-corrected chi connectivity index (χ0v) is 48.5. The number of aliphatic hydroxyl groups excluding tert-OH is 5. The molecule has 0 aromatic carbocycles. The van der Waals surface area contributed by atoms with Gasteiger partial charge in [0.1, 0.15) is 24.4 Å². The van der Waals surface area contributed by atoms with E-state index in [4.69, 9.17) is 9.47 Å². The highest BCUT2D eigenvalue weighted by molar-refractivity contribution is 5.76. The van der Waals surface area contributed by atoms with Crippen LogP contribution in [0.3, 0.4) is 0 Å². The van der Waals surface area contributed by atoms with Crippen molar-refractivity contribution < 1.29 is 39.8 Å². The number of carbonyl (C=O) groups excluding carboxylic acids is 1. The summed E-state index contributed by atoms with van der Waals surface area (Å²) in [6, 6.07) is -0.815. The second-order valence-electron chi connectivity index (χ2n) is 21.1. The number of hydrogen-bond acceptors (Lipinski definition) is 8. The molecule has 7 unspecified atom stereocenters. The van der Waals surface area contributed by atoms with Gasteiger partial charge in [0.05, 0.1) is 25.4 Å². The van der Waals surface area contributed by atoms with E-state index in [2.05, 4.69) is 116 Å². The minimum Gasteiger partial charge on any atom is -0.394 e. The molecule has 1 amide bonds. The van der Waals surface area contributed by atoms with E-state index in [-0.39, 0.29) is 12.5 Å². The molecule has 1 heterocycles. The molecule has 9 nitrogen and oxygen atoms in total. The van der Waals surface area contributed by atoms with Gasteiger partial charge < -0.3 is 40.3 Å². The number of nitrogens with one attached hydrogen (secondary N) is 1. The van der Waals surface area contributed by atoms with E-state index >= 15 is 0 Å². The van der Waals surface area contributed by atoms with E-state index in [1.165, 1.54) is 128 Å². The molecule has 1 saturated heterocycles. The maximum absolute atomic E-state index is 13.1. The van der Waals surface area contributed by atoms with E-state index in [9.17, 15) is 30.3 Å². The lowest BCUT2D eigenvalue weighted by Gasteiger charge is -2.40. The molecule has 436 valence electrons. The van der Waals surface area contributed by atoms with E-state index in [0.29, 0.717) is 6.42 Å². The number of hydrogen-bond donors (Lipinski definition) is 6. The molecular weight excluding hydrogens is 947 g/mol. The molecule has 0 bridgehead atoms. The topological polar surface area (TPSA) is 149 Å². The fraction of sp³-hybridized carbons (Fsp3) is 0.716. The van der Waals surface area contributed by atoms with Gasteiger partial charge in [-0.25, -0.2) is 0 Å². The van der Waals surface area contributed by atoms with Gasteiger partial charge in [-0.3, -0.25) is 4.79 Å². The number of unbranched alkanes of at least 4 members (excludes halogenated alkanes) is 26. The molecular formula is C67H115NO8. The Kier molecular flexibility index (Phi) is 51.4. The summed E-state index contributed by atoms with van der Waals surface area (Å²) in [5, 5.41) is 54.6. The number of ether oxygens (including phenoxy) is 2. The summed E-state index contributed by atoms with van der Waals surface area (Å²) in [6.45, 7) is 3.67. The van der Waals surface area contributed by atoms with Crippen LogP contribution in [0.15, 0.2) is 109 Å². The summed E-state index contributed by atoms with van der Waals surface area (Å²) in [5.74, 6) is -0.184. The molecule has 1 aliphatic heterocycles. The van der Waals surface area contributed by atoms with E-state index in [1.54, 1.807) is 6.08 Å². The molecule has 1 rings (SSSR count). The molecule has 0 spiro atoms. The average molecular weight is 1060 g/mol. The fourth-order valence-electron chi connectivity index (χ4n) is 9.23. The van der Waals surface area contributed by atoms with Gasteiger partial charge in [0, 0.05) is 6.42 Å². The van der Waals surface area contributed by atoms with Gasteiger partial charge in [-0.2, -0.15) is 0 Å². The lowest BCUT2D eigenvalue weighted by Crippen LogP contribution is -2.60. The summed E-state index contributed by atoms with van der Waals surface area (Å²) >= 11 is 0. The Labute approximate surface area is 466 Å². The highest BCUT2D eigenvalue weighted by Crippen LogP contribution is 2.23. The molecule has 6 N–H and O–H groups in total. The first-order valence-electron chi connectivity index (χ1n) is 31.1. The zero-order valence-electron chi connectivity index (χ0n) is 48.5. The van der Waals surface area contributed by atoms with Gasteiger partial charge in [0.15, 0.2) is 6.29 Å². The first-order chi connectivity index (χ1) is 37.3. The van der Waals surface area contributed by atoms with Crippen LogP contribution in [-0.2, 0) is 14.3 Å². The summed E-state index contributed by atoms with van der Waals surface area (Å²) < 4.78 is 11.3. The SMILES string of the molecule is CC/C=C\C/C=C\C/C=C\C/C=C\C/C=C\C/C=C\C/C=C\C/C=C\CCCCCCCCCCCCC(=O)NC(COC1OC(CO)C(O)C(O)C1O)C(O)/C=C/CCCCCCCCCCCCCCCCCC. The number of aliphatic hydroxyl groups is 5. The normalized spacial score (nSPS) is 19.6. The van der Waals surface area contributed by atoms with Gasteiger partial charge in [-0.05, 0) is 83.5 Å². The minimum absolute atomic E-state index is 0.184. The van der Waals surface area contributed by atoms with Crippen LogP contribution in [0, 0.1) is 0 Å². The molecule has 1 fully saturated rings. The third kappa shape index (κ3) is 43.8. The lowest BCUT2D eigenvalue weighted by atomic mass is 9.99. The van der Waals surface area contributed by atoms with Gasteiger partial charge >= 0.3 is 0 Å². The standard InChI is InChI=1S/C67H115NO8/c1-3-5-7-9-11-13-15-17-19-21-23-24-25-26-27-28-29-30-31-32-33-34-35-36-37-38-39-41-43-45-47-49-51-53-55-57-63(71)68-60(59-75-67-66(74)65(73)64(72)62(58-69)76-67)61(70)56-54-52-50-48-46-44-42-40-22-20-18-16-14-12-10-8-6-4-2/h5,7,11,13,17,19,23-24,26-27,29-30,32-33,35-36,54,56,60-62,64-67,69-70,72-74H,3-4,6,8-10,12,14-16,18,20-22,25,28,31,34,37-53,55,57-59H2,1-2H3,(H,68,71)/b7-5-,13-11-,19-17-,24-23-,27-26-,30-29-,33-32-,36-35-,56-54+. The number of carbonyl (C=O) groups is 1. The van der Waals surface area contributed by atoms with Crippen molar-refractivity contribution in [1.29, 1.82) is 0 Å². The molecule has 0 aromatic heterocycles. The molecule has 0 aromatic rings. The van der Waals surface area contributed by atoms with E-state index in [0.717, 1.165) is 103 Å². The van der Waals surface area contributed by atoms with E-state index in [1.807, 2.05) is 6.08 Å². The summed E-state index contributed by atoms with van der Waals surface area (Å²) in [5.41, 5.74) is 0. The molecule has 0 saturated carbocycles. The van der Waals surface area contributed by atoms with Crippen LogP contribution in [0.25, 0.3) is 0 Å². The Hall–Kier alpha value is -3.15. The second-order valence-corrected chi connectivity index (χ2v) is 21.1.